The fourth-order valence-corrected chi connectivity index (χ4v) is 7.59. The van der Waals surface area contributed by atoms with E-state index in [1.165, 1.54) is 14.2 Å². The summed E-state index contributed by atoms with van der Waals surface area (Å²) < 4.78 is 9.62. The Kier molecular flexibility index (Phi) is 14.9. The number of hydrogen-bond donors (Lipinski definition) is 4. The van der Waals surface area contributed by atoms with Crippen molar-refractivity contribution < 1.29 is 28.7 Å². The van der Waals surface area contributed by atoms with Gasteiger partial charge < -0.3 is 39.9 Å². The molecule has 2 aromatic heterocycles. The van der Waals surface area contributed by atoms with Crippen LogP contribution in [0.5, 0.6) is 0 Å². The number of aromatic amines is 2. The van der Waals surface area contributed by atoms with Gasteiger partial charge in [-0.3, -0.25) is 9.59 Å². The Morgan fingerprint density at radius 1 is 0.714 bits per heavy atom. The monoisotopic (exact) mass is 852 g/mol. The quantitative estimate of drug-likeness (QED) is 0.0744. The van der Waals surface area contributed by atoms with Gasteiger partial charge in [-0.25, -0.2) is 19.6 Å². The van der Waals surface area contributed by atoms with Crippen LogP contribution in [-0.4, -0.2) is 87.1 Å². The number of aromatic nitrogens is 4. The Labute approximate surface area is 368 Å². The summed E-state index contributed by atoms with van der Waals surface area (Å²) >= 11 is 0. The number of H-pyrrole nitrogens is 2. The first-order valence-electron chi connectivity index (χ1n) is 21.3. The first kappa shape index (κ1) is 45.4. The van der Waals surface area contributed by atoms with Gasteiger partial charge in [0.25, 0.3) is 5.91 Å². The lowest BCUT2D eigenvalue weighted by Crippen LogP contribution is -2.52. The van der Waals surface area contributed by atoms with E-state index in [-0.39, 0.29) is 23.8 Å². The van der Waals surface area contributed by atoms with Gasteiger partial charge in [-0.2, -0.15) is 0 Å². The molecule has 2 heterocycles. The lowest BCUT2D eigenvalue weighted by Gasteiger charge is -2.32. The summed E-state index contributed by atoms with van der Waals surface area (Å²) in [6.45, 7) is 12.6. The SMILES string of the molecule is CCCN(C(=O)[C@@H](NC(=O)OC)C(C)C)[C@@H](C)c1nc2c(ccc3cc(C#Cc4ccc(-c5cnc([C@H](C)N(CCC)C(=O)[C@H](NC(=O)OC)c6ccccc6)[nH]5)cc4)ccc32)[nH]1. The molecule has 0 aliphatic carbocycles. The molecule has 4 aromatic carbocycles. The highest BCUT2D eigenvalue weighted by Crippen LogP contribution is 2.30. The Morgan fingerprint density at radius 3 is 1.98 bits per heavy atom. The van der Waals surface area contributed by atoms with Gasteiger partial charge in [-0.1, -0.05) is 94.1 Å². The molecule has 14 heteroatoms. The molecule has 0 saturated carbocycles. The number of imidazole rings is 2. The molecule has 0 saturated heterocycles. The average Bonchev–Trinajstić information content (AvgIpc) is 3.98. The lowest BCUT2D eigenvalue weighted by atomic mass is 10.0. The van der Waals surface area contributed by atoms with E-state index in [2.05, 4.69) is 37.4 Å². The molecule has 328 valence electrons. The van der Waals surface area contributed by atoms with Crippen LogP contribution in [0.15, 0.2) is 91.1 Å². The van der Waals surface area contributed by atoms with Crippen LogP contribution >= 0.6 is 0 Å². The van der Waals surface area contributed by atoms with E-state index in [0.717, 1.165) is 50.6 Å². The van der Waals surface area contributed by atoms with Gasteiger partial charge >= 0.3 is 12.2 Å². The first-order valence-corrected chi connectivity index (χ1v) is 21.3. The van der Waals surface area contributed by atoms with Crippen LogP contribution in [0.4, 0.5) is 9.59 Å². The van der Waals surface area contributed by atoms with Crippen LogP contribution in [0.1, 0.15) is 101 Å². The van der Waals surface area contributed by atoms with E-state index in [4.69, 9.17) is 14.5 Å². The normalized spacial score (nSPS) is 13.0. The van der Waals surface area contributed by atoms with Crippen LogP contribution < -0.4 is 10.6 Å². The van der Waals surface area contributed by atoms with Gasteiger partial charge in [-0.05, 0) is 79.5 Å². The zero-order valence-corrected chi connectivity index (χ0v) is 37.1. The highest BCUT2D eigenvalue weighted by Gasteiger charge is 2.34. The third-order valence-electron chi connectivity index (χ3n) is 11.1. The van der Waals surface area contributed by atoms with Crippen molar-refractivity contribution in [1.29, 1.82) is 0 Å². The number of ether oxygens (including phenoxy) is 2. The summed E-state index contributed by atoms with van der Waals surface area (Å²) in [4.78, 5) is 72.1. The number of carbonyl (C=O) groups is 4. The summed E-state index contributed by atoms with van der Waals surface area (Å²) in [5, 5.41) is 7.35. The molecule has 0 bridgehead atoms. The van der Waals surface area contributed by atoms with Gasteiger partial charge in [0.15, 0.2) is 0 Å². The second-order valence-electron chi connectivity index (χ2n) is 15.8. The van der Waals surface area contributed by atoms with E-state index in [0.29, 0.717) is 36.7 Å². The smallest absolute Gasteiger partial charge is 0.407 e. The van der Waals surface area contributed by atoms with Gasteiger partial charge in [0.05, 0.1) is 49.2 Å². The minimum atomic E-state index is -0.926. The van der Waals surface area contributed by atoms with Crippen molar-refractivity contribution in [3.8, 4) is 23.1 Å². The van der Waals surface area contributed by atoms with Crippen molar-refractivity contribution in [3.63, 3.8) is 0 Å². The van der Waals surface area contributed by atoms with E-state index < -0.39 is 30.3 Å². The van der Waals surface area contributed by atoms with Crippen LogP contribution in [0.2, 0.25) is 0 Å². The number of carbonyl (C=O) groups excluding carboxylic acids is 4. The number of rotatable bonds is 15. The summed E-state index contributed by atoms with van der Waals surface area (Å²) in [6, 6.07) is 24.6. The molecule has 63 heavy (non-hydrogen) atoms. The van der Waals surface area contributed by atoms with Crippen molar-refractivity contribution in [2.75, 3.05) is 27.3 Å². The number of alkyl carbamates (subject to hydrolysis) is 2. The molecular weight excluding hydrogens is 797 g/mol. The average molecular weight is 853 g/mol. The minimum absolute atomic E-state index is 0.145. The highest BCUT2D eigenvalue weighted by atomic mass is 16.5. The van der Waals surface area contributed by atoms with E-state index >= 15 is 0 Å². The molecular formula is C49H56N8O6. The number of amides is 4. The van der Waals surface area contributed by atoms with E-state index in [1.54, 1.807) is 28.1 Å². The molecule has 0 radical (unpaired) electrons. The summed E-state index contributed by atoms with van der Waals surface area (Å²) in [5.41, 5.74) is 5.71. The molecule has 14 nitrogen and oxygen atoms in total. The third kappa shape index (κ3) is 10.5. The summed E-state index contributed by atoms with van der Waals surface area (Å²) in [7, 11) is 2.55. The maximum Gasteiger partial charge on any atom is 0.407 e. The molecule has 6 rings (SSSR count). The van der Waals surface area contributed by atoms with Gasteiger partial charge in [0.1, 0.15) is 23.7 Å². The van der Waals surface area contributed by atoms with Crippen molar-refractivity contribution in [3.05, 3.63) is 119 Å². The second kappa shape index (κ2) is 20.6. The van der Waals surface area contributed by atoms with Crippen molar-refractivity contribution in [2.45, 2.75) is 78.6 Å². The first-order chi connectivity index (χ1) is 30.4. The van der Waals surface area contributed by atoms with Gasteiger partial charge in [0, 0.05) is 29.6 Å². The number of hydrogen-bond acceptors (Lipinski definition) is 8. The summed E-state index contributed by atoms with van der Waals surface area (Å²) in [5.74, 6) is 7.26. The van der Waals surface area contributed by atoms with Crippen LogP contribution in [0.25, 0.3) is 33.1 Å². The number of nitrogens with zero attached hydrogens (tertiary/aromatic N) is 4. The Balaban J connectivity index is 1.16. The number of fused-ring (bicyclic) bond motifs is 3. The summed E-state index contributed by atoms with van der Waals surface area (Å²) in [6.07, 6.45) is 1.87. The molecule has 6 aromatic rings. The zero-order valence-electron chi connectivity index (χ0n) is 37.1. The third-order valence-corrected chi connectivity index (χ3v) is 11.1. The largest absolute Gasteiger partial charge is 0.453 e. The number of nitrogens with one attached hydrogen (secondary N) is 4. The predicted octanol–water partition coefficient (Wildman–Crippen LogP) is 8.58. The molecule has 4 N–H and O–H groups in total. The molecule has 4 amide bonds. The predicted molar refractivity (Wildman–Crippen MR) is 243 cm³/mol. The molecule has 0 aliphatic rings. The Morgan fingerprint density at radius 2 is 1.33 bits per heavy atom. The molecule has 0 unspecified atom stereocenters. The van der Waals surface area contributed by atoms with Crippen LogP contribution in [0.3, 0.4) is 0 Å². The van der Waals surface area contributed by atoms with Gasteiger partial charge in [0.2, 0.25) is 5.91 Å². The minimum Gasteiger partial charge on any atom is -0.453 e. The second-order valence-corrected chi connectivity index (χ2v) is 15.8. The fourth-order valence-electron chi connectivity index (χ4n) is 7.59. The lowest BCUT2D eigenvalue weighted by molar-refractivity contribution is -0.137. The van der Waals surface area contributed by atoms with Crippen molar-refractivity contribution in [2.24, 2.45) is 5.92 Å². The topological polar surface area (TPSA) is 175 Å². The molecule has 0 fully saturated rings. The van der Waals surface area contributed by atoms with E-state index in [1.807, 2.05) is 114 Å². The van der Waals surface area contributed by atoms with E-state index in [9.17, 15) is 19.2 Å². The molecule has 4 atom stereocenters. The Bertz CT molecular complexity index is 2610. The standard InChI is InChI=1S/C49H56N8O6/c1-9-26-56(47(59)42(55-49(61)63-8)36-14-12-11-13-15-36)31(5)44-50-29-40(52-44)35-21-18-33(19-22-35)16-17-34-20-24-38-37(28-34)23-25-39-43(38)53-45(51-39)32(6)57(27-10-2)46(58)41(30(3)4)54-48(60)62-7/h11-15,18-25,28-32,41-42H,9-10,26-27H2,1-8H3,(H,50,52)(H,51,53)(H,54,60)(H,55,61)/t31-,32-,41-,42+/m0/s1. The maximum atomic E-state index is 14.0. The van der Waals surface area contributed by atoms with Crippen molar-refractivity contribution in [1.82, 2.24) is 40.4 Å². The molecule has 0 aliphatic heterocycles. The fraction of sp³-hybridized carbons (Fsp3) is 0.347. The maximum absolute atomic E-state index is 14.0. The number of benzene rings is 4. The highest BCUT2D eigenvalue weighted by molar-refractivity contribution is 6.04. The van der Waals surface area contributed by atoms with Crippen LogP contribution in [0, 0.1) is 17.8 Å². The van der Waals surface area contributed by atoms with Crippen molar-refractivity contribution >= 4 is 45.8 Å². The van der Waals surface area contributed by atoms with Gasteiger partial charge in [-0.15, -0.1) is 0 Å². The number of methoxy groups -OCH3 is 2. The Hall–Kier alpha value is -7.14. The van der Waals surface area contributed by atoms with Crippen LogP contribution in [-0.2, 0) is 19.1 Å². The molecule has 0 spiro atoms. The zero-order chi connectivity index (χ0) is 45.2.